The molecule has 128 valence electrons. The second-order valence-corrected chi connectivity index (χ2v) is 5.72. The SMILES string of the molecule is COc1cccc2c1OCC(NCc1ccccc1OCCO)C2. The van der Waals surface area contributed by atoms with Crippen molar-refractivity contribution >= 4 is 0 Å². The first kappa shape index (κ1) is 16.6. The summed E-state index contributed by atoms with van der Waals surface area (Å²) in [6.45, 7) is 1.61. The molecule has 1 aliphatic heterocycles. The molecule has 0 fully saturated rings. The van der Waals surface area contributed by atoms with Gasteiger partial charge in [0, 0.05) is 18.2 Å². The van der Waals surface area contributed by atoms with Gasteiger partial charge in [0.2, 0.25) is 0 Å². The topological polar surface area (TPSA) is 60.0 Å². The molecular formula is C19H23NO4. The average molecular weight is 329 g/mol. The monoisotopic (exact) mass is 329 g/mol. The van der Waals surface area contributed by atoms with Gasteiger partial charge in [0.15, 0.2) is 11.5 Å². The number of nitrogens with one attached hydrogen (secondary N) is 1. The van der Waals surface area contributed by atoms with Crippen LogP contribution in [-0.2, 0) is 13.0 Å². The van der Waals surface area contributed by atoms with Gasteiger partial charge in [-0.1, -0.05) is 30.3 Å². The molecule has 2 N–H and O–H groups in total. The molecule has 24 heavy (non-hydrogen) atoms. The first-order chi connectivity index (χ1) is 11.8. The van der Waals surface area contributed by atoms with Crippen LogP contribution in [0, 0.1) is 0 Å². The van der Waals surface area contributed by atoms with E-state index in [1.165, 1.54) is 0 Å². The Morgan fingerprint density at radius 3 is 2.83 bits per heavy atom. The van der Waals surface area contributed by atoms with Crippen molar-refractivity contribution in [3.8, 4) is 17.2 Å². The Labute approximate surface area is 142 Å². The molecule has 0 saturated heterocycles. The standard InChI is InChI=1S/C19H23NO4/c1-22-18-8-4-6-14-11-16(13-24-19(14)18)20-12-15-5-2-3-7-17(15)23-10-9-21/h2-8,16,20-21H,9-13H2,1H3. The summed E-state index contributed by atoms with van der Waals surface area (Å²) in [5.41, 5.74) is 2.23. The molecule has 0 aliphatic carbocycles. The van der Waals surface area contributed by atoms with Gasteiger partial charge in [-0.05, 0) is 24.1 Å². The van der Waals surface area contributed by atoms with E-state index < -0.39 is 0 Å². The molecule has 1 heterocycles. The number of aliphatic hydroxyl groups is 1. The van der Waals surface area contributed by atoms with Crippen molar-refractivity contribution in [1.82, 2.24) is 5.32 Å². The Hall–Kier alpha value is -2.24. The fourth-order valence-corrected chi connectivity index (χ4v) is 2.89. The molecule has 0 amide bonds. The van der Waals surface area contributed by atoms with E-state index in [0.717, 1.165) is 34.8 Å². The lowest BCUT2D eigenvalue weighted by Gasteiger charge is -2.27. The molecule has 2 aromatic carbocycles. The maximum Gasteiger partial charge on any atom is 0.164 e. The lowest BCUT2D eigenvalue weighted by Crippen LogP contribution is -2.39. The summed E-state index contributed by atoms with van der Waals surface area (Å²) in [4.78, 5) is 0. The van der Waals surface area contributed by atoms with Crippen molar-refractivity contribution in [2.75, 3.05) is 26.9 Å². The number of hydrogen-bond acceptors (Lipinski definition) is 5. The third kappa shape index (κ3) is 3.80. The van der Waals surface area contributed by atoms with Gasteiger partial charge in [0.05, 0.1) is 13.7 Å². The lowest BCUT2D eigenvalue weighted by atomic mass is 10.0. The van der Waals surface area contributed by atoms with Crippen molar-refractivity contribution in [3.63, 3.8) is 0 Å². The zero-order valence-corrected chi connectivity index (χ0v) is 13.8. The van der Waals surface area contributed by atoms with Crippen LogP contribution in [0.15, 0.2) is 42.5 Å². The predicted molar refractivity (Wildman–Crippen MR) is 91.8 cm³/mol. The number of ether oxygens (including phenoxy) is 3. The van der Waals surface area contributed by atoms with Gasteiger partial charge < -0.3 is 24.6 Å². The van der Waals surface area contributed by atoms with Crippen LogP contribution in [0.2, 0.25) is 0 Å². The zero-order valence-electron chi connectivity index (χ0n) is 13.8. The van der Waals surface area contributed by atoms with E-state index in [0.29, 0.717) is 19.8 Å². The summed E-state index contributed by atoms with van der Waals surface area (Å²) < 4.78 is 16.8. The lowest BCUT2D eigenvalue weighted by molar-refractivity contribution is 0.199. The highest BCUT2D eigenvalue weighted by atomic mass is 16.5. The molecule has 0 radical (unpaired) electrons. The highest BCUT2D eigenvalue weighted by Gasteiger charge is 2.22. The smallest absolute Gasteiger partial charge is 0.164 e. The third-order valence-corrected chi connectivity index (χ3v) is 4.08. The maximum atomic E-state index is 8.92. The molecule has 0 aromatic heterocycles. The van der Waals surface area contributed by atoms with Gasteiger partial charge in [-0.2, -0.15) is 0 Å². The van der Waals surface area contributed by atoms with E-state index in [4.69, 9.17) is 19.3 Å². The van der Waals surface area contributed by atoms with Crippen molar-refractivity contribution in [2.45, 2.75) is 19.0 Å². The van der Waals surface area contributed by atoms with Crippen LogP contribution < -0.4 is 19.5 Å². The van der Waals surface area contributed by atoms with Crippen LogP contribution in [0.4, 0.5) is 0 Å². The second-order valence-electron chi connectivity index (χ2n) is 5.72. The number of aliphatic hydroxyl groups excluding tert-OH is 1. The Morgan fingerprint density at radius 2 is 2.00 bits per heavy atom. The number of fused-ring (bicyclic) bond motifs is 1. The molecule has 5 nitrogen and oxygen atoms in total. The second kappa shape index (κ2) is 8.04. The first-order valence-corrected chi connectivity index (χ1v) is 8.15. The quantitative estimate of drug-likeness (QED) is 0.815. The highest BCUT2D eigenvalue weighted by molar-refractivity contribution is 5.48. The molecule has 2 aromatic rings. The summed E-state index contributed by atoms with van der Waals surface area (Å²) in [5.74, 6) is 2.44. The molecule has 5 heteroatoms. The van der Waals surface area contributed by atoms with E-state index in [-0.39, 0.29) is 12.6 Å². The van der Waals surface area contributed by atoms with Gasteiger partial charge in [0.25, 0.3) is 0 Å². The van der Waals surface area contributed by atoms with Crippen LogP contribution in [0.25, 0.3) is 0 Å². The minimum Gasteiger partial charge on any atom is -0.493 e. The van der Waals surface area contributed by atoms with E-state index in [1.807, 2.05) is 36.4 Å². The number of hydrogen-bond donors (Lipinski definition) is 2. The van der Waals surface area contributed by atoms with Crippen molar-refractivity contribution in [2.24, 2.45) is 0 Å². The molecule has 0 bridgehead atoms. The third-order valence-electron chi connectivity index (χ3n) is 4.08. The van der Waals surface area contributed by atoms with Crippen molar-refractivity contribution in [1.29, 1.82) is 0 Å². The molecule has 0 saturated carbocycles. The Balaban J connectivity index is 1.62. The van der Waals surface area contributed by atoms with Gasteiger partial charge in [-0.15, -0.1) is 0 Å². The van der Waals surface area contributed by atoms with E-state index >= 15 is 0 Å². The summed E-state index contributed by atoms with van der Waals surface area (Å²) in [7, 11) is 1.66. The fraction of sp³-hybridized carbons (Fsp3) is 0.368. The molecule has 3 rings (SSSR count). The van der Waals surface area contributed by atoms with Crippen molar-refractivity contribution in [3.05, 3.63) is 53.6 Å². The van der Waals surface area contributed by atoms with Crippen LogP contribution in [0.5, 0.6) is 17.2 Å². The highest BCUT2D eigenvalue weighted by Crippen LogP contribution is 2.34. The van der Waals surface area contributed by atoms with Gasteiger partial charge in [0.1, 0.15) is 19.0 Å². The summed E-state index contributed by atoms with van der Waals surface area (Å²) >= 11 is 0. The minimum absolute atomic E-state index is 0.0108. The zero-order chi connectivity index (χ0) is 16.8. The predicted octanol–water partition coefficient (Wildman–Crippen LogP) is 2.16. The minimum atomic E-state index is 0.0108. The average Bonchev–Trinajstić information content (AvgIpc) is 2.64. The number of para-hydroxylation sites is 2. The van der Waals surface area contributed by atoms with E-state index in [1.54, 1.807) is 7.11 Å². The van der Waals surface area contributed by atoms with E-state index in [9.17, 15) is 0 Å². The van der Waals surface area contributed by atoms with Crippen molar-refractivity contribution < 1.29 is 19.3 Å². The summed E-state index contributed by atoms with van der Waals surface area (Å²) in [6.07, 6.45) is 0.895. The Bertz CT molecular complexity index is 674. The largest absolute Gasteiger partial charge is 0.493 e. The molecule has 1 aliphatic rings. The van der Waals surface area contributed by atoms with Gasteiger partial charge in [-0.3, -0.25) is 0 Å². The summed E-state index contributed by atoms with van der Waals surface area (Å²) in [6, 6.07) is 14.1. The van der Waals surface area contributed by atoms with Crippen LogP contribution in [-0.4, -0.2) is 38.1 Å². The van der Waals surface area contributed by atoms with Crippen LogP contribution in [0.1, 0.15) is 11.1 Å². The Morgan fingerprint density at radius 1 is 1.17 bits per heavy atom. The van der Waals surface area contributed by atoms with Crippen LogP contribution >= 0.6 is 0 Å². The first-order valence-electron chi connectivity index (χ1n) is 8.15. The van der Waals surface area contributed by atoms with Crippen LogP contribution in [0.3, 0.4) is 0 Å². The molecule has 1 unspecified atom stereocenters. The normalized spacial score (nSPS) is 16.2. The molecule has 0 spiro atoms. The number of benzene rings is 2. The van der Waals surface area contributed by atoms with Gasteiger partial charge in [-0.25, -0.2) is 0 Å². The number of rotatable bonds is 7. The summed E-state index contributed by atoms with van der Waals surface area (Å²) in [5, 5.41) is 12.4. The fourth-order valence-electron chi connectivity index (χ4n) is 2.89. The maximum absolute atomic E-state index is 8.92. The molecular weight excluding hydrogens is 306 g/mol. The number of methoxy groups -OCH3 is 1. The molecule has 1 atom stereocenters. The Kier molecular flexibility index (Phi) is 5.56. The van der Waals surface area contributed by atoms with E-state index in [2.05, 4.69) is 11.4 Å². The van der Waals surface area contributed by atoms with Gasteiger partial charge >= 0.3 is 0 Å².